The highest BCUT2D eigenvalue weighted by Crippen LogP contribution is 2.23. The summed E-state index contributed by atoms with van der Waals surface area (Å²) in [6.45, 7) is 5.75. The Morgan fingerprint density at radius 1 is 1.00 bits per heavy atom. The van der Waals surface area contributed by atoms with Crippen molar-refractivity contribution in [1.29, 1.82) is 0 Å². The van der Waals surface area contributed by atoms with E-state index in [2.05, 4.69) is 8.47 Å². The topological polar surface area (TPSA) is 92.8 Å². The van der Waals surface area contributed by atoms with Crippen LogP contribution >= 0.6 is 35.3 Å². The van der Waals surface area contributed by atoms with Crippen molar-refractivity contribution in [3.8, 4) is 0 Å². The van der Waals surface area contributed by atoms with Crippen LogP contribution in [0, 0.1) is 0 Å². The SMILES string of the molecule is CC(C)(CS(=O)(=O)OS(=O)(=O)CC(C)(C)N(Cl)Cl)NCl. The Labute approximate surface area is 135 Å². The Hall–Kier alpha value is 0.650. The van der Waals surface area contributed by atoms with Gasteiger partial charge in [-0.25, -0.2) is 4.84 Å². The van der Waals surface area contributed by atoms with Crippen molar-refractivity contribution in [2.75, 3.05) is 11.5 Å². The molecule has 0 bridgehead atoms. The summed E-state index contributed by atoms with van der Waals surface area (Å²) >= 11 is 16.3. The lowest BCUT2D eigenvalue weighted by molar-refractivity contribution is 0.374. The van der Waals surface area contributed by atoms with Crippen molar-refractivity contribution in [2.24, 2.45) is 0 Å². The van der Waals surface area contributed by atoms with Gasteiger partial charge in [0.1, 0.15) is 0 Å². The second-order valence-electron chi connectivity index (χ2n) is 5.50. The third-order valence-corrected chi connectivity index (χ3v) is 7.21. The molecule has 0 radical (unpaired) electrons. The molecule has 0 saturated carbocycles. The molecule has 0 unspecified atom stereocenters. The zero-order valence-corrected chi connectivity index (χ0v) is 15.3. The Morgan fingerprint density at radius 3 is 1.75 bits per heavy atom. The summed E-state index contributed by atoms with van der Waals surface area (Å²) < 4.78 is 51.7. The minimum atomic E-state index is -4.39. The predicted octanol–water partition coefficient (Wildman–Crippen LogP) is 1.57. The molecule has 0 fully saturated rings. The normalized spacial score (nSPS) is 14.8. The molecular formula is C8H17Cl3N2O5S2. The molecule has 0 aliphatic carbocycles. The van der Waals surface area contributed by atoms with Crippen molar-refractivity contribution in [3.05, 3.63) is 0 Å². The summed E-state index contributed by atoms with van der Waals surface area (Å²) in [4.78, 5) is 2.22. The summed E-state index contributed by atoms with van der Waals surface area (Å²) in [7, 11) is -8.74. The predicted molar refractivity (Wildman–Crippen MR) is 79.4 cm³/mol. The zero-order valence-electron chi connectivity index (χ0n) is 11.4. The average Bonchev–Trinajstić information content (AvgIpc) is 2.11. The Kier molecular flexibility index (Phi) is 7.04. The van der Waals surface area contributed by atoms with Gasteiger partial charge >= 0.3 is 0 Å². The van der Waals surface area contributed by atoms with Crippen LogP contribution in [0.2, 0.25) is 0 Å². The van der Waals surface area contributed by atoms with Gasteiger partial charge in [-0.1, -0.05) is 0 Å². The standard InChI is InChI=1S/C8H17Cl3N2O5S2/c1-7(2,12-9)5-19(14,15)18-20(16,17)6-8(3,4)13(10)11/h12H,5-6H2,1-4H3. The van der Waals surface area contributed by atoms with Gasteiger partial charge < -0.3 is 0 Å². The molecule has 0 aromatic heterocycles. The van der Waals surface area contributed by atoms with Crippen LogP contribution in [0.4, 0.5) is 0 Å². The zero-order chi connectivity index (χ0) is 16.4. The number of hydrogen-bond donors (Lipinski definition) is 1. The van der Waals surface area contributed by atoms with Gasteiger partial charge in [0.05, 0.1) is 17.0 Å². The van der Waals surface area contributed by atoms with Crippen molar-refractivity contribution < 1.29 is 20.5 Å². The summed E-state index contributed by atoms with van der Waals surface area (Å²) in [5.41, 5.74) is -2.28. The smallest absolute Gasteiger partial charge is 0.227 e. The fraction of sp³-hybridized carbons (Fsp3) is 1.00. The molecule has 0 aliphatic rings. The highest BCUT2D eigenvalue weighted by atomic mass is 35.5. The molecule has 12 heteroatoms. The van der Waals surface area contributed by atoms with Gasteiger partial charge in [0.15, 0.2) is 0 Å². The highest BCUT2D eigenvalue weighted by Gasteiger charge is 2.36. The number of hydrogen-bond acceptors (Lipinski definition) is 7. The number of nitrogens with one attached hydrogen (secondary N) is 1. The number of rotatable bonds is 8. The minimum Gasteiger partial charge on any atom is -0.227 e. The summed E-state index contributed by atoms with van der Waals surface area (Å²) in [6.07, 6.45) is 0. The van der Waals surface area contributed by atoms with E-state index < -0.39 is 42.8 Å². The van der Waals surface area contributed by atoms with Crippen LogP contribution in [0.3, 0.4) is 0 Å². The van der Waals surface area contributed by atoms with E-state index in [1.807, 2.05) is 0 Å². The lowest BCUT2D eigenvalue weighted by Crippen LogP contribution is -2.43. The maximum Gasteiger partial charge on any atom is 0.283 e. The van der Waals surface area contributed by atoms with Gasteiger partial charge in [-0.2, -0.15) is 16.8 Å². The maximum absolute atomic E-state index is 11.7. The van der Waals surface area contributed by atoms with Crippen LogP contribution in [0.1, 0.15) is 27.7 Å². The fourth-order valence-corrected chi connectivity index (χ4v) is 5.16. The molecule has 0 atom stereocenters. The Balaban J connectivity index is 5.03. The van der Waals surface area contributed by atoms with Crippen molar-refractivity contribution >= 4 is 55.6 Å². The van der Waals surface area contributed by atoms with Gasteiger partial charge in [-0.05, 0) is 63.0 Å². The van der Waals surface area contributed by atoms with E-state index in [-0.39, 0.29) is 0 Å². The average molecular weight is 392 g/mol. The van der Waals surface area contributed by atoms with Gasteiger partial charge in [-0.3, -0.25) is 0 Å². The molecule has 0 heterocycles. The molecule has 122 valence electrons. The Bertz CT molecular complexity index is 530. The van der Waals surface area contributed by atoms with E-state index >= 15 is 0 Å². The Morgan fingerprint density at radius 2 is 1.40 bits per heavy atom. The summed E-state index contributed by atoms with van der Waals surface area (Å²) in [5.74, 6) is -1.34. The molecule has 0 saturated heterocycles. The van der Waals surface area contributed by atoms with Crippen LogP contribution in [0.25, 0.3) is 0 Å². The third-order valence-electron chi connectivity index (χ3n) is 1.99. The van der Waals surface area contributed by atoms with Crippen LogP contribution in [0.15, 0.2) is 0 Å². The van der Waals surface area contributed by atoms with Crippen LogP contribution < -0.4 is 4.84 Å². The summed E-state index contributed by atoms with van der Waals surface area (Å²) in [6, 6.07) is 0. The van der Waals surface area contributed by atoms with Gasteiger partial charge in [0, 0.05) is 5.54 Å². The van der Waals surface area contributed by atoms with E-state index in [1.165, 1.54) is 27.7 Å². The third kappa shape index (κ3) is 7.60. The first-order chi connectivity index (χ1) is 8.63. The molecule has 0 amide bonds. The fourth-order valence-electron chi connectivity index (χ4n) is 1.16. The van der Waals surface area contributed by atoms with Gasteiger partial charge in [0.25, 0.3) is 20.2 Å². The second-order valence-corrected chi connectivity index (χ2v) is 9.89. The first kappa shape index (κ1) is 20.6. The molecule has 7 nitrogen and oxygen atoms in total. The van der Waals surface area contributed by atoms with Gasteiger partial charge in [-0.15, -0.1) is 7.57 Å². The first-order valence-corrected chi connectivity index (χ1v) is 9.49. The van der Waals surface area contributed by atoms with Gasteiger partial charge in [0.2, 0.25) is 0 Å². The molecule has 0 aromatic carbocycles. The van der Waals surface area contributed by atoms with Crippen molar-refractivity contribution in [2.45, 2.75) is 38.8 Å². The van der Waals surface area contributed by atoms with E-state index in [0.29, 0.717) is 3.94 Å². The monoisotopic (exact) mass is 390 g/mol. The second kappa shape index (κ2) is 6.82. The van der Waals surface area contributed by atoms with Crippen molar-refractivity contribution in [3.63, 3.8) is 0 Å². The molecule has 0 aromatic rings. The van der Waals surface area contributed by atoms with Crippen LogP contribution in [-0.4, -0.2) is 43.4 Å². The largest absolute Gasteiger partial charge is 0.283 e. The lowest BCUT2D eigenvalue weighted by Gasteiger charge is -2.27. The molecule has 0 rings (SSSR count). The van der Waals surface area contributed by atoms with Crippen molar-refractivity contribution in [1.82, 2.24) is 8.77 Å². The minimum absolute atomic E-state index is 0.616. The molecule has 0 spiro atoms. The highest BCUT2D eigenvalue weighted by molar-refractivity contribution is 7.99. The molecular weight excluding hydrogens is 375 g/mol. The van der Waals surface area contributed by atoms with E-state index in [9.17, 15) is 16.8 Å². The van der Waals surface area contributed by atoms with E-state index in [4.69, 9.17) is 35.3 Å². The molecule has 20 heavy (non-hydrogen) atoms. The maximum atomic E-state index is 11.7. The quantitative estimate of drug-likeness (QED) is 0.628. The lowest BCUT2D eigenvalue weighted by atomic mass is 10.1. The summed E-state index contributed by atoms with van der Waals surface area (Å²) in [5, 5.41) is 0. The van der Waals surface area contributed by atoms with Crippen LogP contribution in [-0.2, 0) is 23.9 Å². The van der Waals surface area contributed by atoms with E-state index in [0.717, 1.165) is 0 Å². The first-order valence-electron chi connectivity index (χ1n) is 5.29. The number of nitrogens with zero attached hydrogens (tertiary/aromatic N) is 1. The molecule has 1 N–H and O–H groups in total. The van der Waals surface area contributed by atoms with E-state index in [1.54, 1.807) is 0 Å². The van der Waals surface area contributed by atoms with Crippen LogP contribution in [0.5, 0.6) is 0 Å². The molecule has 0 aliphatic heterocycles. The number of halogens is 3.